The van der Waals surface area contributed by atoms with Crippen LogP contribution in [-0.4, -0.2) is 8.07 Å². The number of rotatable bonds is 1. The van der Waals surface area contributed by atoms with E-state index in [9.17, 15) is 0 Å². The summed E-state index contributed by atoms with van der Waals surface area (Å²) in [6.07, 6.45) is 5.13. The molecule has 3 atom stereocenters. The average Bonchev–Trinajstić information content (AvgIpc) is 2.41. The van der Waals surface area contributed by atoms with E-state index in [0.29, 0.717) is 5.92 Å². The van der Waals surface area contributed by atoms with Gasteiger partial charge in [-0.05, 0) is 31.1 Å². The van der Waals surface area contributed by atoms with Crippen molar-refractivity contribution < 1.29 is 1.37 Å². The first-order valence-electron chi connectivity index (χ1n) is 5.20. The molecule has 0 aromatic carbocycles. The first-order chi connectivity index (χ1) is 5.48. The summed E-state index contributed by atoms with van der Waals surface area (Å²) in [5, 5.41) is 1.76. The maximum atomic E-state index is 7.78. The molecule has 0 nitrogen and oxygen atoms in total. The number of allylic oxidation sites excluding steroid dienone is 2. The van der Waals surface area contributed by atoms with Crippen LogP contribution in [0.25, 0.3) is 0 Å². The van der Waals surface area contributed by atoms with Crippen LogP contribution in [0.5, 0.6) is 0 Å². The van der Waals surface area contributed by atoms with Gasteiger partial charge in [0.2, 0.25) is 0 Å². The standard InChI is InChI=1S/C10H18Si/c1-11(2,3)10-7-8-4-5-9(10)6-8/h7-9H,4-6H2,1-3H3/i4D. The monoisotopic (exact) mass is 167 g/mol. The molecule has 0 aromatic rings. The van der Waals surface area contributed by atoms with Crippen LogP contribution in [0.3, 0.4) is 0 Å². The molecule has 2 aliphatic rings. The summed E-state index contributed by atoms with van der Waals surface area (Å²) >= 11 is 0. The minimum absolute atomic E-state index is 0.232. The third kappa shape index (κ3) is 1.20. The molecule has 2 rings (SSSR count). The van der Waals surface area contributed by atoms with E-state index in [1.807, 2.05) is 0 Å². The van der Waals surface area contributed by atoms with E-state index in [1.165, 1.54) is 6.42 Å². The predicted molar refractivity (Wildman–Crippen MR) is 52.3 cm³/mol. The lowest BCUT2D eigenvalue weighted by Gasteiger charge is -2.25. The Kier molecular flexibility index (Phi) is 1.31. The Morgan fingerprint density at radius 1 is 1.55 bits per heavy atom. The Bertz CT molecular complexity index is 226. The Morgan fingerprint density at radius 3 is 2.64 bits per heavy atom. The van der Waals surface area contributed by atoms with Gasteiger partial charge in [0.1, 0.15) is 0 Å². The molecule has 11 heavy (non-hydrogen) atoms. The van der Waals surface area contributed by atoms with Crippen molar-refractivity contribution >= 4 is 8.07 Å². The Hall–Kier alpha value is -0.0431. The molecule has 0 saturated heterocycles. The summed E-state index contributed by atoms with van der Waals surface area (Å²) in [6, 6.07) is 0. The van der Waals surface area contributed by atoms with Crippen LogP contribution in [0.4, 0.5) is 0 Å². The quantitative estimate of drug-likeness (QED) is 0.526. The molecule has 2 aliphatic carbocycles. The minimum Gasteiger partial charge on any atom is -0.0858 e. The molecule has 1 fully saturated rings. The van der Waals surface area contributed by atoms with E-state index in [2.05, 4.69) is 25.7 Å². The Labute approximate surface area is 72.1 Å². The molecule has 0 aromatic heterocycles. The highest BCUT2D eigenvalue weighted by atomic mass is 28.3. The summed E-state index contributed by atoms with van der Waals surface area (Å²) in [5.41, 5.74) is 0. The molecule has 2 bridgehead atoms. The van der Waals surface area contributed by atoms with E-state index in [0.717, 1.165) is 12.3 Å². The smallest absolute Gasteiger partial charge is 0.0724 e. The maximum Gasteiger partial charge on any atom is 0.0724 e. The van der Waals surface area contributed by atoms with Crippen LogP contribution in [0, 0.1) is 11.8 Å². The predicted octanol–water partition coefficient (Wildman–Crippen LogP) is 3.22. The fourth-order valence-electron chi connectivity index (χ4n) is 2.48. The molecular weight excluding hydrogens is 148 g/mol. The van der Waals surface area contributed by atoms with Crippen molar-refractivity contribution in [3.05, 3.63) is 11.3 Å². The Morgan fingerprint density at radius 2 is 2.27 bits per heavy atom. The van der Waals surface area contributed by atoms with Crippen LogP contribution in [0.2, 0.25) is 19.6 Å². The summed E-state index contributed by atoms with van der Waals surface area (Å²) in [7, 11) is -1.03. The van der Waals surface area contributed by atoms with Crippen molar-refractivity contribution in [2.24, 2.45) is 11.8 Å². The van der Waals surface area contributed by atoms with Gasteiger partial charge in [-0.2, -0.15) is 0 Å². The van der Waals surface area contributed by atoms with Crippen molar-refractivity contribution in [2.45, 2.75) is 38.9 Å². The highest BCUT2D eigenvalue weighted by molar-refractivity contribution is 6.83. The Balaban J connectivity index is 2.23. The van der Waals surface area contributed by atoms with Gasteiger partial charge in [-0.3, -0.25) is 0 Å². The van der Waals surface area contributed by atoms with Gasteiger partial charge in [0.15, 0.2) is 0 Å². The first kappa shape index (κ1) is 6.47. The molecule has 1 saturated carbocycles. The lowest BCUT2D eigenvalue weighted by molar-refractivity contribution is 0.679. The molecule has 62 valence electrons. The van der Waals surface area contributed by atoms with E-state index < -0.39 is 8.07 Å². The van der Waals surface area contributed by atoms with Crippen LogP contribution < -0.4 is 0 Å². The number of hydrogen-bond donors (Lipinski definition) is 0. The van der Waals surface area contributed by atoms with Crippen molar-refractivity contribution in [3.8, 4) is 0 Å². The van der Waals surface area contributed by atoms with Gasteiger partial charge in [0.25, 0.3) is 0 Å². The molecule has 3 unspecified atom stereocenters. The summed E-state index contributed by atoms with van der Waals surface area (Å²) in [6.45, 7) is 7.29. The third-order valence-corrected chi connectivity index (χ3v) is 5.29. The third-order valence-electron chi connectivity index (χ3n) is 2.98. The van der Waals surface area contributed by atoms with Crippen LogP contribution in [0.15, 0.2) is 11.3 Å². The molecule has 1 heteroatoms. The van der Waals surface area contributed by atoms with Crippen LogP contribution in [0.1, 0.15) is 20.6 Å². The lowest BCUT2D eigenvalue weighted by Crippen LogP contribution is -2.27. The summed E-state index contributed by atoms with van der Waals surface area (Å²) in [4.78, 5) is 0. The highest BCUT2D eigenvalue weighted by Gasteiger charge is 2.37. The van der Waals surface area contributed by atoms with Crippen molar-refractivity contribution in [1.29, 1.82) is 0 Å². The zero-order chi connectivity index (χ0) is 8.93. The summed E-state index contributed by atoms with van der Waals surface area (Å²) in [5.74, 6) is 1.43. The van der Waals surface area contributed by atoms with Gasteiger partial charge < -0.3 is 0 Å². The highest BCUT2D eigenvalue weighted by Crippen LogP contribution is 2.46. The van der Waals surface area contributed by atoms with Gasteiger partial charge >= 0.3 is 0 Å². The molecule has 0 radical (unpaired) electrons. The molecule has 0 aliphatic heterocycles. The average molecular weight is 167 g/mol. The molecule has 0 heterocycles. The topological polar surface area (TPSA) is 0 Å². The fraction of sp³-hybridized carbons (Fsp3) is 0.800. The minimum atomic E-state index is -1.03. The van der Waals surface area contributed by atoms with Gasteiger partial charge in [0, 0.05) is 1.37 Å². The SMILES string of the molecule is [2H]C1CC2CC1C=C2[Si](C)(C)C. The second-order valence-electron chi connectivity index (χ2n) is 4.94. The van der Waals surface area contributed by atoms with Gasteiger partial charge in [0.05, 0.1) is 8.07 Å². The lowest BCUT2D eigenvalue weighted by atomic mass is 10.1. The van der Waals surface area contributed by atoms with Gasteiger partial charge in [-0.25, -0.2) is 0 Å². The number of hydrogen-bond acceptors (Lipinski definition) is 0. The summed E-state index contributed by atoms with van der Waals surface area (Å²) < 4.78 is 7.78. The van der Waals surface area contributed by atoms with Gasteiger partial charge in [-0.1, -0.05) is 30.9 Å². The zero-order valence-electron chi connectivity index (χ0n) is 8.72. The van der Waals surface area contributed by atoms with Crippen molar-refractivity contribution in [2.75, 3.05) is 0 Å². The molecular formula is C10H18Si. The van der Waals surface area contributed by atoms with E-state index in [-0.39, 0.29) is 6.40 Å². The van der Waals surface area contributed by atoms with Crippen LogP contribution in [-0.2, 0) is 0 Å². The number of fused-ring (bicyclic) bond motifs is 2. The maximum absolute atomic E-state index is 7.78. The second-order valence-corrected chi connectivity index (χ2v) is 10.0. The fourth-order valence-corrected chi connectivity index (χ4v) is 4.65. The van der Waals surface area contributed by atoms with E-state index in [4.69, 9.17) is 1.37 Å². The van der Waals surface area contributed by atoms with E-state index >= 15 is 0 Å². The van der Waals surface area contributed by atoms with Crippen LogP contribution >= 0.6 is 0 Å². The normalized spacial score (nSPS) is 44.1. The zero-order valence-corrected chi connectivity index (χ0v) is 8.72. The largest absolute Gasteiger partial charge is 0.0858 e. The molecule has 0 N–H and O–H groups in total. The van der Waals surface area contributed by atoms with Gasteiger partial charge in [-0.15, -0.1) is 0 Å². The first-order valence-corrected chi connectivity index (χ1v) is 8.13. The van der Waals surface area contributed by atoms with E-state index in [1.54, 1.807) is 5.20 Å². The molecule has 0 amide bonds. The van der Waals surface area contributed by atoms with Crippen molar-refractivity contribution in [1.82, 2.24) is 0 Å². The molecule has 0 spiro atoms. The second kappa shape index (κ2) is 2.22. The van der Waals surface area contributed by atoms with Crippen molar-refractivity contribution in [3.63, 3.8) is 0 Å².